The summed E-state index contributed by atoms with van der Waals surface area (Å²) < 4.78 is 0. The van der Waals surface area contributed by atoms with E-state index in [0.29, 0.717) is 12.2 Å². The van der Waals surface area contributed by atoms with Crippen molar-refractivity contribution in [1.29, 1.82) is 0 Å². The minimum absolute atomic E-state index is 0.412. The Bertz CT molecular complexity index is 532. The van der Waals surface area contributed by atoms with Gasteiger partial charge in [0.25, 0.3) is 0 Å². The Kier molecular flexibility index (Phi) is 3.63. The SMILES string of the molecule is Cc1cccc(CC(O)c2c(C)ccnc2N)c1. The number of hydrogen-bond acceptors (Lipinski definition) is 3. The van der Waals surface area contributed by atoms with Crippen LogP contribution in [0.3, 0.4) is 0 Å². The highest BCUT2D eigenvalue weighted by atomic mass is 16.3. The Morgan fingerprint density at radius 2 is 2.06 bits per heavy atom. The number of aromatic nitrogens is 1. The highest BCUT2D eigenvalue weighted by Gasteiger charge is 2.15. The number of pyridine rings is 1. The summed E-state index contributed by atoms with van der Waals surface area (Å²) in [6, 6.07) is 9.99. The molecule has 0 bridgehead atoms. The molecule has 3 N–H and O–H groups in total. The summed E-state index contributed by atoms with van der Waals surface area (Å²) in [6.45, 7) is 3.98. The maximum Gasteiger partial charge on any atom is 0.129 e. The van der Waals surface area contributed by atoms with E-state index in [1.807, 2.05) is 38.1 Å². The molecule has 1 aromatic carbocycles. The molecule has 0 aliphatic carbocycles. The van der Waals surface area contributed by atoms with Crippen LogP contribution in [0.15, 0.2) is 36.5 Å². The molecule has 0 amide bonds. The molecule has 0 saturated heterocycles. The van der Waals surface area contributed by atoms with Crippen molar-refractivity contribution >= 4 is 5.82 Å². The van der Waals surface area contributed by atoms with Crippen LogP contribution in [0.1, 0.15) is 28.4 Å². The molecule has 1 unspecified atom stereocenters. The maximum absolute atomic E-state index is 10.3. The molecule has 3 nitrogen and oxygen atoms in total. The molecule has 18 heavy (non-hydrogen) atoms. The number of aliphatic hydroxyl groups excluding tert-OH is 1. The zero-order valence-electron chi connectivity index (χ0n) is 10.7. The number of benzene rings is 1. The van der Waals surface area contributed by atoms with Gasteiger partial charge in [0.15, 0.2) is 0 Å². The predicted octanol–water partition coefficient (Wildman–Crippen LogP) is 2.56. The summed E-state index contributed by atoms with van der Waals surface area (Å²) in [5.74, 6) is 0.412. The molecule has 1 aromatic heterocycles. The van der Waals surface area contributed by atoms with Gasteiger partial charge in [0, 0.05) is 18.2 Å². The van der Waals surface area contributed by atoms with Gasteiger partial charge in [-0.1, -0.05) is 29.8 Å². The summed E-state index contributed by atoms with van der Waals surface area (Å²) in [5, 5.41) is 10.3. The normalized spacial score (nSPS) is 12.4. The average molecular weight is 242 g/mol. The first-order valence-corrected chi connectivity index (χ1v) is 6.02. The quantitative estimate of drug-likeness (QED) is 0.869. The van der Waals surface area contributed by atoms with Gasteiger partial charge in [-0.3, -0.25) is 0 Å². The number of anilines is 1. The lowest BCUT2D eigenvalue weighted by Crippen LogP contribution is -2.09. The molecule has 2 rings (SSSR count). The van der Waals surface area contributed by atoms with Crippen molar-refractivity contribution < 1.29 is 5.11 Å². The van der Waals surface area contributed by atoms with Crippen molar-refractivity contribution in [2.75, 3.05) is 5.73 Å². The van der Waals surface area contributed by atoms with E-state index in [0.717, 1.165) is 16.7 Å². The van der Waals surface area contributed by atoms with Gasteiger partial charge in [0.05, 0.1) is 6.10 Å². The lowest BCUT2D eigenvalue weighted by atomic mass is 9.98. The summed E-state index contributed by atoms with van der Waals surface area (Å²) in [7, 11) is 0. The lowest BCUT2D eigenvalue weighted by molar-refractivity contribution is 0.178. The molecule has 1 heterocycles. The van der Waals surface area contributed by atoms with Crippen molar-refractivity contribution in [3.63, 3.8) is 0 Å². The molecule has 0 aliphatic heterocycles. The van der Waals surface area contributed by atoms with Crippen LogP contribution in [0, 0.1) is 13.8 Å². The van der Waals surface area contributed by atoms with Gasteiger partial charge in [-0.2, -0.15) is 0 Å². The van der Waals surface area contributed by atoms with Crippen molar-refractivity contribution in [2.24, 2.45) is 0 Å². The predicted molar refractivity (Wildman–Crippen MR) is 73.2 cm³/mol. The average Bonchev–Trinajstić information content (AvgIpc) is 2.28. The fraction of sp³-hybridized carbons (Fsp3) is 0.267. The molecule has 0 fully saturated rings. The molecule has 3 heteroatoms. The molecule has 2 aromatic rings. The van der Waals surface area contributed by atoms with Gasteiger partial charge in [-0.05, 0) is 31.0 Å². The van der Waals surface area contributed by atoms with Gasteiger partial charge in [-0.15, -0.1) is 0 Å². The van der Waals surface area contributed by atoms with E-state index in [4.69, 9.17) is 5.73 Å². The van der Waals surface area contributed by atoms with E-state index in [-0.39, 0.29) is 0 Å². The van der Waals surface area contributed by atoms with E-state index in [9.17, 15) is 5.11 Å². The van der Waals surface area contributed by atoms with Gasteiger partial charge in [-0.25, -0.2) is 4.98 Å². The van der Waals surface area contributed by atoms with E-state index < -0.39 is 6.10 Å². The second kappa shape index (κ2) is 5.19. The Morgan fingerprint density at radius 3 is 2.72 bits per heavy atom. The van der Waals surface area contributed by atoms with Crippen LogP contribution in [-0.4, -0.2) is 10.1 Å². The van der Waals surface area contributed by atoms with E-state index in [2.05, 4.69) is 11.1 Å². The Hall–Kier alpha value is -1.87. The third kappa shape index (κ3) is 2.68. The molecule has 0 saturated carbocycles. The Balaban J connectivity index is 2.25. The van der Waals surface area contributed by atoms with Crippen molar-refractivity contribution in [1.82, 2.24) is 4.98 Å². The monoisotopic (exact) mass is 242 g/mol. The first kappa shape index (κ1) is 12.6. The fourth-order valence-electron chi connectivity index (χ4n) is 2.19. The molecule has 94 valence electrons. The van der Waals surface area contributed by atoms with Gasteiger partial charge in [0.1, 0.15) is 5.82 Å². The number of nitrogen functional groups attached to an aromatic ring is 1. The van der Waals surface area contributed by atoms with Crippen molar-refractivity contribution in [2.45, 2.75) is 26.4 Å². The molecule has 0 spiro atoms. The van der Waals surface area contributed by atoms with Gasteiger partial charge < -0.3 is 10.8 Å². The topological polar surface area (TPSA) is 59.1 Å². The number of hydrogen-bond donors (Lipinski definition) is 2. The number of nitrogens with zero attached hydrogens (tertiary/aromatic N) is 1. The molecular formula is C15H18N2O. The Labute approximate surface area is 107 Å². The van der Waals surface area contributed by atoms with Gasteiger partial charge >= 0.3 is 0 Å². The highest BCUT2D eigenvalue weighted by molar-refractivity contribution is 5.45. The van der Waals surface area contributed by atoms with Crippen LogP contribution in [-0.2, 0) is 6.42 Å². The van der Waals surface area contributed by atoms with Crippen LogP contribution in [0.25, 0.3) is 0 Å². The van der Waals surface area contributed by atoms with E-state index >= 15 is 0 Å². The smallest absolute Gasteiger partial charge is 0.129 e. The first-order chi connectivity index (χ1) is 8.58. The summed E-state index contributed by atoms with van der Waals surface area (Å²) >= 11 is 0. The minimum atomic E-state index is -0.611. The third-order valence-electron chi connectivity index (χ3n) is 3.08. The van der Waals surface area contributed by atoms with Crippen LogP contribution in [0.5, 0.6) is 0 Å². The third-order valence-corrected chi connectivity index (χ3v) is 3.08. The van der Waals surface area contributed by atoms with Crippen LogP contribution >= 0.6 is 0 Å². The van der Waals surface area contributed by atoms with E-state index in [1.165, 1.54) is 5.56 Å². The zero-order chi connectivity index (χ0) is 13.1. The Morgan fingerprint density at radius 1 is 1.28 bits per heavy atom. The van der Waals surface area contributed by atoms with Crippen LogP contribution in [0.2, 0.25) is 0 Å². The zero-order valence-corrected chi connectivity index (χ0v) is 10.7. The van der Waals surface area contributed by atoms with E-state index in [1.54, 1.807) is 6.20 Å². The number of aryl methyl sites for hydroxylation is 2. The number of rotatable bonds is 3. The van der Waals surface area contributed by atoms with Crippen LogP contribution < -0.4 is 5.73 Å². The fourth-order valence-corrected chi connectivity index (χ4v) is 2.19. The molecule has 1 atom stereocenters. The van der Waals surface area contributed by atoms with Crippen molar-refractivity contribution in [3.05, 3.63) is 58.8 Å². The second-order valence-corrected chi connectivity index (χ2v) is 4.64. The standard InChI is InChI=1S/C15H18N2O/c1-10-4-3-5-12(8-10)9-13(18)14-11(2)6-7-17-15(14)16/h3-8,13,18H,9H2,1-2H3,(H2,16,17). The summed E-state index contributed by atoms with van der Waals surface area (Å²) in [6.07, 6.45) is 1.60. The maximum atomic E-state index is 10.3. The second-order valence-electron chi connectivity index (χ2n) is 4.64. The molecule has 0 aliphatic rings. The first-order valence-electron chi connectivity index (χ1n) is 6.02. The highest BCUT2D eigenvalue weighted by Crippen LogP contribution is 2.25. The lowest BCUT2D eigenvalue weighted by Gasteiger charge is -2.15. The van der Waals surface area contributed by atoms with Gasteiger partial charge in [0.2, 0.25) is 0 Å². The number of aliphatic hydroxyl groups is 1. The molecule has 0 radical (unpaired) electrons. The minimum Gasteiger partial charge on any atom is -0.388 e. The van der Waals surface area contributed by atoms with Crippen LogP contribution in [0.4, 0.5) is 5.82 Å². The summed E-state index contributed by atoms with van der Waals surface area (Å²) in [5.41, 5.74) is 9.84. The largest absolute Gasteiger partial charge is 0.388 e. The number of nitrogens with two attached hydrogens (primary N) is 1. The van der Waals surface area contributed by atoms with Crippen molar-refractivity contribution in [3.8, 4) is 0 Å². The molecular weight excluding hydrogens is 224 g/mol. The summed E-state index contributed by atoms with van der Waals surface area (Å²) in [4.78, 5) is 4.04.